The summed E-state index contributed by atoms with van der Waals surface area (Å²) >= 11 is 0. The predicted molar refractivity (Wildman–Crippen MR) is 130 cm³/mol. The van der Waals surface area contributed by atoms with Crippen LogP contribution in [0.5, 0.6) is 0 Å². The third-order valence-corrected chi connectivity index (χ3v) is 8.64. The fourth-order valence-corrected chi connectivity index (χ4v) is 6.43. The highest BCUT2D eigenvalue weighted by atomic mass is 14.4. The molecule has 0 bridgehead atoms. The lowest BCUT2D eigenvalue weighted by Gasteiger charge is -2.42. The quantitative estimate of drug-likeness (QED) is 0.384. The molecule has 30 heavy (non-hydrogen) atoms. The number of hydrogen-bond acceptors (Lipinski definition) is 0. The summed E-state index contributed by atoms with van der Waals surface area (Å²) in [5.74, 6) is 0.757. The van der Waals surface area contributed by atoms with Crippen molar-refractivity contribution < 1.29 is 0 Å². The van der Waals surface area contributed by atoms with Crippen LogP contribution in [0.1, 0.15) is 126 Å². The van der Waals surface area contributed by atoms with Gasteiger partial charge in [0.1, 0.15) is 0 Å². The maximum atomic E-state index is 2.63. The Kier molecular flexibility index (Phi) is 4.39. The minimum Gasteiger partial charge on any atom is -0.0561 e. The summed E-state index contributed by atoms with van der Waals surface area (Å²) in [4.78, 5) is 0. The van der Waals surface area contributed by atoms with Crippen LogP contribution in [0.4, 0.5) is 0 Å². The zero-order chi connectivity index (χ0) is 21.5. The van der Waals surface area contributed by atoms with E-state index in [9.17, 15) is 0 Å². The molecule has 0 heteroatoms. The van der Waals surface area contributed by atoms with Crippen molar-refractivity contribution in [2.24, 2.45) is 0 Å². The van der Waals surface area contributed by atoms with Crippen molar-refractivity contribution in [1.82, 2.24) is 0 Å². The van der Waals surface area contributed by atoms with E-state index >= 15 is 0 Å². The average molecular weight is 401 g/mol. The summed E-state index contributed by atoms with van der Waals surface area (Å²) in [6.45, 7) is 17.0. The van der Waals surface area contributed by atoms with Gasteiger partial charge in [0.2, 0.25) is 0 Å². The van der Waals surface area contributed by atoms with Crippen molar-refractivity contribution in [3.63, 3.8) is 0 Å². The van der Waals surface area contributed by atoms with Crippen molar-refractivity contribution in [2.45, 2.75) is 116 Å². The summed E-state index contributed by atoms with van der Waals surface area (Å²) < 4.78 is 0. The molecule has 3 aliphatic rings. The summed E-state index contributed by atoms with van der Waals surface area (Å²) in [6.07, 6.45) is 9.25. The zero-order valence-electron chi connectivity index (χ0n) is 20.3. The van der Waals surface area contributed by atoms with E-state index in [0.29, 0.717) is 5.41 Å². The van der Waals surface area contributed by atoms with E-state index in [-0.39, 0.29) is 10.8 Å². The molecule has 3 aliphatic carbocycles. The molecule has 0 aliphatic heterocycles. The van der Waals surface area contributed by atoms with Crippen LogP contribution in [0.25, 0.3) is 11.1 Å². The van der Waals surface area contributed by atoms with Gasteiger partial charge in [-0.2, -0.15) is 0 Å². The highest BCUT2D eigenvalue weighted by Gasteiger charge is 2.39. The number of fused-ring (bicyclic) bond motifs is 4. The fraction of sp³-hybridized carbons (Fsp3) is 0.600. The number of rotatable bonds is 1. The molecule has 0 amide bonds. The molecule has 2 aromatic carbocycles. The molecule has 1 fully saturated rings. The first-order valence-corrected chi connectivity index (χ1v) is 12.3. The highest BCUT2D eigenvalue weighted by Crippen LogP contribution is 2.52. The second kappa shape index (κ2) is 6.47. The summed E-state index contributed by atoms with van der Waals surface area (Å²) in [5.41, 5.74) is 13.6. The Balaban J connectivity index is 1.74. The van der Waals surface area contributed by atoms with Gasteiger partial charge in [0.15, 0.2) is 0 Å². The van der Waals surface area contributed by atoms with Crippen LogP contribution >= 0.6 is 0 Å². The Labute approximate surface area is 184 Å². The van der Waals surface area contributed by atoms with Gasteiger partial charge in [0, 0.05) is 0 Å². The standard InChI is InChI=1S/C30H40/c1-28(2,3)22-15-21-14-20-16-25-26(30(6,7)13-12-29(25,4)5)18-24(20)27(21)23(17-22)19-10-8-9-11-19/h15-19H,8-14H2,1-7H3. The Morgan fingerprint density at radius 1 is 0.767 bits per heavy atom. The van der Waals surface area contributed by atoms with Crippen LogP contribution < -0.4 is 0 Å². The average Bonchev–Trinajstić information content (AvgIpc) is 3.30. The van der Waals surface area contributed by atoms with Gasteiger partial charge in [-0.05, 0) is 98.8 Å². The molecule has 0 radical (unpaired) electrons. The monoisotopic (exact) mass is 400 g/mol. The van der Waals surface area contributed by atoms with Crippen LogP contribution in [-0.2, 0) is 22.7 Å². The van der Waals surface area contributed by atoms with Gasteiger partial charge in [-0.1, -0.05) is 85.6 Å². The van der Waals surface area contributed by atoms with Crippen molar-refractivity contribution in [1.29, 1.82) is 0 Å². The van der Waals surface area contributed by atoms with Crippen LogP contribution in [-0.4, -0.2) is 0 Å². The normalized spacial score (nSPS) is 22.0. The minimum atomic E-state index is 0.209. The molecule has 0 unspecified atom stereocenters. The molecule has 0 saturated heterocycles. The van der Waals surface area contributed by atoms with E-state index in [4.69, 9.17) is 0 Å². The molecule has 0 heterocycles. The molecule has 0 nitrogen and oxygen atoms in total. The van der Waals surface area contributed by atoms with E-state index in [1.54, 1.807) is 38.9 Å². The lowest BCUT2D eigenvalue weighted by atomic mass is 9.62. The third kappa shape index (κ3) is 3.09. The maximum absolute atomic E-state index is 2.63. The Hall–Kier alpha value is -1.56. The minimum absolute atomic E-state index is 0.209. The lowest BCUT2D eigenvalue weighted by Crippen LogP contribution is -2.34. The molecule has 0 N–H and O–H groups in total. The first-order chi connectivity index (χ1) is 14.0. The fourth-order valence-electron chi connectivity index (χ4n) is 6.43. The van der Waals surface area contributed by atoms with Crippen LogP contribution in [0.15, 0.2) is 24.3 Å². The topological polar surface area (TPSA) is 0 Å². The second-order valence-electron chi connectivity index (χ2n) is 12.8. The van der Waals surface area contributed by atoms with Gasteiger partial charge in [-0.25, -0.2) is 0 Å². The molecule has 0 atom stereocenters. The maximum Gasteiger partial charge on any atom is -0.00131 e. The first kappa shape index (κ1) is 20.3. The largest absolute Gasteiger partial charge is 0.0561 e. The van der Waals surface area contributed by atoms with Gasteiger partial charge >= 0.3 is 0 Å². The van der Waals surface area contributed by atoms with Crippen molar-refractivity contribution in [2.75, 3.05) is 0 Å². The first-order valence-electron chi connectivity index (χ1n) is 12.3. The van der Waals surface area contributed by atoms with Gasteiger partial charge < -0.3 is 0 Å². The molecule has 0 aromatic heterocycles. The lowest BCUT2D eigenvalue weighted by molar-refractivity contribution is 0.332. The molecule has 160 valence electrons. The van der Waals surface area contributed by atoms with Crippen LogP contribution in [0.3, 0.4) is 0 Å². The Morgan fingerprint density at radius 2 is 1.37 bits per heavy atom. The third-order valence-electron chi connectivity index (χ3n) is 8.64. The zero-order valence-corrected chi connectivity index (χ0v) is 20.3. The van der Waals surface area contributed by atoms with Crippen molar-refractivity contribution in [3.8, 4) is 11.1 Å². The molecule has 1 saturated carbocycles. The van der Waals surface area contributed by atoms with E-state index in [0.717, 1.165) is 12.3 Å². The SMILES string of the molecule is CC(C)(C)c1cc2c(c(C3CCCC3)c1)-c1cc3c(cc1C2)C(C)(C)CCC3(C)C. The van der Waals surface area contributed by atoms with E-state index in [1.165, 1.54) is 44.1 Å². The van der Waals surface area contributed by atoms with E-state index in [2.05, 4.69) is 72.7 Å². The molecule has 2 aromatic rings. The molecule has 0 spiro atoms. The van der Waals surface area contributed by atoms with Gasteiger partial charge in [-0.3, -0.25) is 0 Å². The van der Waals surface area contributed by atoms with Crippen molar-refractivity contribution >= 4 is 0 Å². The number of benzene rings is 2. The van der Waals surface area contributed by atoms with Gasteiger partial charge in [-0.15, -0.1) is 0 Å². The summed E-state index contributed by atoms with van der Waals surface area (Å²) in [6, 6.07) is 10.4. The van der Waals surface area contributed by atoms with Crippen molar-refractivity contribution in [3.05, 3.63) is 57.6 Å². The number of hydrogen-bond donors (Lipinski definition) is 0. The summed E-state index contributed by atoms with van der Waals surface area (Å²) in [5, 5.41) is 0. The van der Waals surface area contributed by atoms with Crippen LogP contribution in [0, 0.1) is 0 Å². The van der Waals surface area contributed by atoms with Gasteiger partial charge in [0.05, 0.1) is 0 Å². The Bertz CT molecular complexity index is 1000. The Morgan fingerprint density at radius 3 is 1.97 bits per heavy atom. The second-order valence-corrected chi connectivity index (χ2v) is 12.8. The smallest absolute Gasteiger partial charge is 0.00131 e. The predicted octanol–water partition coefficient (Wildman–Crippen LogP) is 8.56. The van der Waals surface area contributed by atoms with E-state index in [1.807, 2.05) is 0 Å². The molecular formula is C30H40. The van der Waals surface area contributed by atoms with E-state index < -0.39 is 0 Å². The molecule has 5 rings (SSSR count). The summed E-state index contributed by atoms with van der Waals surface area (Å²) in [7, 11) is 0. The molecular weight excluding hydrogens is 360 g/mol. The van der Waals surface area contributed by atoms with Crippen LogP contribution in [0.2, 0.25) is 0 Å². The highest BCUT2D eigenvalue weighted by molar-refractivity contribution is 5.82. The van der Waals surface area contributed by atoms with Gasteiger partial charge in [0.25, 0.3) is 0 Å².